The molecule has 0 aromatic rings. The molecule has 9 heteroatoms. The summed E-state index contributed by atoms with van der Waals surface area (Å²) in [6.45, 7) is 4.07. The van der Waals surface area contributed by atoms with Crippen molar-refractivity contribution in [2.75, 3.05) is 20.3 Å². The van der Waals surface area contributed by atoms with E-state index in [1.807, 2.05) is 0 Å². The third kappa shape index (κ3) is 36.8. The van der Waals surface area contributed by atoms with Gasteiger partial charge in [0.1, 0.15) is 19.3 Å². The summed E-state index contributed by atoms with van der Waals surface area (Å²) in [5.74, 6) is -2.39. The van der Waals surface area contributed by atoms with Crippen LogP contribution in [-0.4, -0.2) is 61.4 Å². The van der Waals surface area contributed by atoms with Crippen LogP contribution in [0.5, 0.6) is 0 Å². The first kappa shape index (κ1) is 51.8. The third-order valence-electron chi connectivity index (χ3n) is 10.4. The van der Waals surface area contributed by atoms with Gasteiger partial charge in [-0.15, -0.1) is 0 Å². The number of esters is 3. The van der Waals surface area contributed by atoms with Crippen LogP contribution in [0.2, 0.25) is 0 Å². The van der Waals surface area contributed by atoms with E-state index in [0.717, 1.165) is 38.5 Å². The maximum absolute atomic E-state index is 12.7. The molecule has 0 saturated carbocycles. The van der Waals surface area contributed by atoms with Crippen LogP contribution < -0.4 is 5.32 Å². The number of hydrogen-bond acceptors (Lipinski definition) is 8. The van der Waals surface area contributed by atoms with Crippen molar-refractivity contribution in [3.05, 3.63) is 0 Å². The maximum Gasteiger partial charge on any atom is 0.323 e. The molecule has 0 saturated heterocycles. The molecule has 0 aromatic carbocycles. The van der Waals surface area contributed by atoms with Crippen LogP contribution in [0.3, 0.4) is 0 Å². The molecule has 2 unspecified atom stereocenters. The van der Waals surface area contributed by atoms with Gasteiger partial charge in [-0.1, -0.05) is 194 Å². The van der Waals surface area contributed by atoms with Crippen molar-refractivity contribution in [1.29, 1.82) is 0 Å². The Morgan fingerprint density at radius 2 is 0.796 bits per heavy atom. The SMILES string of the molecule is CCCCCCCCCCCCCCCCCC(=O)OCC(COC(=O)C(CCC(=O)O)NC)OC(=O)CCCCCCCCCCCCCCCCC. The zero-order valence-corrected chi connectivity index (χ0v) is 35.4. The predicted octanol–water partition coefficient (Wildman–Crippen LogP) is 12.0. The van der Waals surface area contributed by atoms with E-state index in [1.54, 1.807) is 7.05 Å². The molecule has 318 valence electrons. The molecule has 0 amide bonds. The Balaban J connectivity index is 4.31. The van der Waals surface area contributed by atoms with Crippen molar-refractivity contribution in [3.63, 3.8) is 0 Å². The van der Waals surface area contributed by atoms with Gasteiger partial charge >= 0.3 is 23.9 Å². The summed E-state index contributed by atoms with van der Waals surface area (Å²) in [6, 6.07) is -0.801. The van der Waals surface area contributed by atoms with Crippen LogP contribution in [0.4, 0.5) is 0 Å². The zero-order chi connectivity index (χ0) is 39.7. The van der Waals surface area contributed by atoms with E-state index in [9.17, 15) is 19.2 Å². The lowest BCUT2D eigenvalue weighted by atomic mass is 10.0. The van der Waals surface area contributed by atoms with Gasteiger partial charge in [0.15, 0.2) is 6.10 Å². The second-order valence-electron chi connectivity index (χ2n) is 15.6. The Morgan fingerprint density at radius 1 is 0.463 bits per heavy atom. The van der Waals surface area contributed by atoms with Crippen LogP contribution in [0.15, 0.2) is 0 Å². The van der Waals surface area contributed by atoms with E-state index in [2.05, 4.69) is 19.2 Å². The fourth-order valence-electron chi connectivity index (χ4n) is 6.82. The number of aliphatic carboxylic acids is 1. The molecule has 0 rings (SSSR count). The Hall–Kier alpha value is -2.16. The largest absolute Gasteiger partial charge is 0.481 e. The third-order valence-corrected chi connectivity index (χ3v) is 10.4. The molecule has 54 heavy (non-hydrogen) atoms. The van der Waals surface area contributed by atoms with Gasteiger partial charge in [0.2, 0.25) is 0 Å². The smallest absolute Gasteiger partial charge is 0.323 e. The number of ether oxygens (including phenoxy) is 3. The zero-order valence-electron chi connectivity index (χ0n) is 35.4. The molecule has 0 aliphatic carbocycles. The summed E-state index contributed by atoms with van der Waals surface area (Å²) in [4.78, 5) is 48.7. The highest BCUT2D eigenvalue weighted by molar-refractivity contribution is 5.77. The summed E-state index contributed by atoms with van der Waals surface area (Å²) in [5, 5.41) is 11.8. The Kier molecular flexibility index (Phi) is 38.9. The number of carbonyl (C=O) groups excluding carboxylic acids is 3. The lowest BCUT2D eigenvalue weighted by Gasteiger charge is -2.20. The topological polar surface area (TPSA) is 128 Å². The van der Waals surface area contributed by atoms with Crippen molar-refractivity contribution < 1.29 is 38.5 Å². The highest BCUT2D eigenvalue weighted by Crippen LogP contribution is 2.16. The lowest BCUT2D eigenvalue weighted by Crippen LogP contribution is -2.38. The molecule has 0 aromatic heterocycles. The molecule has 0 aliphatic heterocycles. The molecular formula is C45H85NO8. The Morgan fingerprint density at radius 3 is 1.15 bits per heavy atom. The number of likely N-dealkylation sites (N-methyl/N-ethyl adjacent to an activating group) is 1. The van der Waals surface area contributed by atoms with E-state index < -0.39 is 30.1 Å². The summed E-state index contributed by atoms with van der Waals surface area (Å²) < 4.78 is 16.4. The number of unbranched alkanes of at least 4 members (excludes halogenated alkanes) is 28. The molecule has 0 heterocycles. The minimum Gasteiger partial charge on any atom is -0.481 e. The molecule has 0 bridgehead atoms. The second kappa shape index (κ2) is 40.5. The van der Waals surface area contributed by atoms with Crippen molar-refractivity contribution in [2.24, 2.45) is 0 Å². The minimum atomic E-state index is -1.00. The average molecular weight is 768 g/mol. The van der Waals surface area contributed by atoms with Crippen LogP contribution in [0.1, 0.15) is 232 Å². The molecule has 0 aliphatic rings. The molecule has 0 spiro atoms. The van der Waals surface area contributed by atoms with Gasteiger partial charge in [0, 0.05) is 19.3 Å². The first-order chi connectivity index (χ1) is 26.3. The van der Waals surface area contributed by atoms with Gasteiger partial charge in [-0.05, 0) is 26.3 Å². The Bertz CT molecular complexity index is 882. The molecule has 2 N–H and O–H groups in total. The van der Waals surface area contributed by atoms with Gasteiger partial charge in [-0.25, -0.2) is 0 Å². The molecule has 2 atom stereocenters. The number of carboxylic acid groups (broad SMARTS) is 1. The molecule has 0 fully saturated rings. The van der Waals surface area contributed by atoms with Gasteiger partial charge in [0.25, 0.3) is 0 Å². The first-order valence-corrected chi connectivity index (χ1v) is 22.7. The van der Waals surface area contributed by atoms with Crippen LogP contribution >= 0.6 is 0 Å². The number of nitrogens with one attached hydrogen (secondary N) is 1. The van der Waals surface area contributed by atoms with Crippen molar-refractivity contribution >= 4 is 23.9 Å². The molecular weight excluding hydrogens is 682 g/mol. The summed E-state index contributed by atoms with van der Waals surface area (Å²) in [7, 11) is 1.56. The fourth-order valence-corrected chi connectivity index (χ4v) is 6.82. The van der Waals surface area contributed by atoms with Crippen LogP contribution in [0, 0.1) is 0 Å². The van der Waals surface area contributed by atoms with Crippen LogP contribution in [-0.2, 0) is 33.4 Å². The van der Waals surface area contributed by atoms with Crippen molar-refractivity contribution in [1.82, 2.24) is 5.32 Å². The van der Waals surface area contributed by atoms with Gasteiger partial charge < -0.3 is 24.6 Å². The standard InChI is InChI=1S/C45H85NO8/c1-4-6-8-10-12-14-16-18-20-22-24-26-28-30-32-34-43(49)52-38-40(39-53-45(51)41(46-3)36-37-42(47)48)54-44(50)35-33-31-29-27-25-23-21-19-17-15-13-11-9-7-5-2/h40-41,46H,4-39H2,1-3H3,(H,47,48). The van der Waals surface area contributed by atoms with E-state index in [4.69, 9.17) is 19.3 Å². The number of carboxylic acids is 1. The number of hydrogen-bond donors (Lipinski definition) is 2. The minimum absolute atomic E-state index is 0.0720. The summed E-state index contributed by atoms with van der Waals surface area (Å²) in [6.07, 6.45) is 37.0. The van der Waals surface area contributed by atoms with Crippen molar-refractivity contribution in [3.8, 4) is 0 Å². The fraction of sp³-hybridized carbons (Fsp3) is 0.911. The normalized spacial score (nSPS) is 12.4. The van der Waals surface area contributed by atoms with Gasteiger partial charge in [-0.2, -0.15) is 0 Å². The first-order valence-electron chi connectivity index (χ1n) is 22.7. The average Bonchev–Trinajstić information content (AvgIpc) is 3.15. The number of rotatable bonds is 42. The summed E-state index contributed by atoms with van der Waals surface area (Å²) >= 11 is 0. The van der Waals surface area contributed by atoms with Crippen molar-refractivity contribution in [2.45, 2.75) is 244 Å². The quantitative estimate of drug-likeness (QED) is 0.0354. The van der Waals surface area contributed by atoms with Gasteiger partial charge in [-0.3, -0.25) is 19.2 Å². The monoisotopic (exact) mass is 768 g/mol. The highest BCUT2D eigenvalue weighted by Gasteiger charge is 2.23. The highest BCUT2D eigenvalue weighted by atomic mass is 16.6. The van der Waals surface area contributed by atoms with E-state index in [-0.39, 0.29) is 38.4 Å². The van der Waals surface area contributed by atoms with E-state index >= 15 is 0 Å². The maximum atomic E-state index is 12.7. The van der Waals surface area contributed by atoms with Gasteiger partial charge in [0.05, 0.1) is 0 Å². The van der Waals surface area contributed by atoms with Crippen LogP contribution in [0.25, 0.3) is 0 Å². The molecule has 9 nitrogen and oxygen atoms in total. The Labute approximate surface area is 331 Å². The second-order valence-corrected chi connectivity index (χ2v) is 15.6. The lowest BCUT2D eigenvalue weighted by molar-refractivity contribution is -0.167. The number of carbonyl (C=O) groups is 4. The predicted molar refractivity (Wildman–Crippen MR) is 221 cm³/mol. The van der Waals surface area contributed by atoms with E-state index in [1.165, 1.54) is 154 Å². The molecule has 0 radical (unpaired) electrons. The van der Waals surface area contributed by atoms with E-state index in [0.29, 0.717) is 6.42 Å². The summed E-state index contributed by atoms with van der Waals surface area (Å²) in [5.41, 5.74) is 0.